The molecule has 5 nitrogen and oxygen atoms in total. The van der Waals surface area contributed by atoms with Crippen LogP contribution < -0.4 is 0 Å². The summed E-state index contributed by atoms with van der Waals surface area (Å²) in [6.07, 6.45) is 6.27. The Morgan fingerprint density at radius 3 is 2.32 bits per heavy atom. The molecule has 1 aliphatic heterocycles. The molecule has 2 atom stereocenters. The van der Waals surface area contributed by atoms with E-state index in [-0.39, 0.29) is 29.5 Å². The fraction of sp³-hybridized carbons (Fsp3) is 0.393. The molecule has 1 N–H and O–H groups in total. The number of aliphatic hydroxyl groups excluding tert-OH is 1. The number of nitrogens with zero attached hydrogens (tertiary/aromatic N) is 3. The number of rotatable bonds is 3. The molecule has 6 heteroatoms. The van der Waals surface area contributed by atoms with E-state index in [2.05, 4.69) is 42.9 Å². The number of piperidine rings is 1. The van der Waals surface area contributed by atoms with Gasteiger partial charge in [0.1, 0.15) is 0 Å². The van der Waals surface area contributed by atoms with Gasteiger partial charge in [0.25, 0.3) is 5.91 Å². The first kappa shape index (κ1) is 24.4. The third kappa shape index (κ3) is 5.01. The average molecular weight is 478 g/mol. The fourth-order valence-corrected chi connectivity index (χ4v) is 5.03. The Kier molecular flexibility index (Phi) is 6.79. The lowest BCUT2D eigenvalue weighted by atomic mass is 9.90. The van der Waals surface area contributed by atoms with Crippen LogP contribution in [0.5, 0.6) is 0 Å². The number of benzene rings is 1. The standard InChI is InChI=1S/C28H32ClN3O2/c1-17-10-23(33)11-18(2)32(17)27(34)20-6-7-24(25(29)13-20)22-12-21(15-30-16-22)19-8-9-31-26(14-19)28(3,4)5/h6-9,12-18,23,33H,10-11H2,1-5H3. The van der Waals surface area contributed by atoms with Crippen LogP contribution in [0.2, 0.25) is 5.02 Å². The first-order valence-electron chi connectivity index (χ1n) is 11.8. The predicted molar refractivity (Wildman–Crippen MR) is 137 cm³/mol. The van der Waals surface area contributed by atoms with Crippen molar-refractivity contribution in [2.75, 3.05) is 0 Å². The van der Waals surface area contributed by atoms with Crippen molar-refractivity contribution in [1.82, 2.24) is 14.9 Å². The van der Waals surface area contributed by atoms with Gasteiger partial charge in [-0.15, -0.1) is 0 Å². The van der Waals surface area contributed by atoms with Crippen LogP contribution in [-0.2, 0) is 5.41 Å². The lowest BCUT2D eigenvalue weighted by Crippen LogP contribution is -2.51. The second-order valence-corrected chi connectivity index (χ2v) is 10.8. The van der Waals surface area contributed by atoms with Gasteiger partial charge in [0.15, 0.2) is 0 Å². The van der Waals surface area contributed by atoms with Gasteiger partial charge in [-0.05, 0) is 62.6 Å². The normalized spacial score (nSPS) is 20.9. The molecule has 0 saturated carbocycles. The molecule has 1 aromatic carbocycles. The molecule has 0 radical (unpaired) electrons. The molecule has 3 aromatic rings. The van der Waals surface area contributed by atoms with E-state index in [1.807, 2.05) is 49.3 Å². The highest BCUT2D eigenvalue weighted by atomic mass is 35.5. The SMILES string of the molecule is CC1CC(O)CC(C)N1C(=O)c1ccc(-c2cncc(-c3ccnc(C(C)(C)C)c3)c2)c(Cl)c1. The Labute approximate surface area is 206 Å². The van der Waals surface area contributed by atoms with Crippen LogP contribution in [0.4, 0.5) is 0 Å². The summed E-state index contributed by atoms with van der Waals surface area (Å²) in [4.78, 5) is 24.1. The molecule has 2 aromatic heterocycles. The number of hydrogen-bond acceptors (Lipinski definition) is 4. The van der Waals surface area contributed by atoms with Crippen LogP contribution in [-0.4, -0.2) is 44.1 Å². The highest BCUT2D eigenvalue weighted by Crippen LogP contribution is 2.33. The van der Waals surface area contributed by atoms with E-state index >= 15 is 0 Å². The minimum atomic E-state index is -0.361. The molecule has 2 unspecified atom stereocenters. The third-order valence-corrected chi connectivity index (χ3v) is 6.85. The number of halogens is 1. The second-order valence-electron chi connectivity index (χ2n) is 10.4. The first-order chi connectivity index (χ1) is 16.0. The van der Waals surface area contributed by atoms with E-state index in [4.69, 9.17) is 11.6 Å². The van der Waals surface area contributed by atoms with E-state index in [1.165, 1.54) is 0 Å². The molecule has 4 rings (SSSR count). The quantitative estimate of drug-likeness (QED) is 0.492. The van der Waals surface area contributed by atoms with Gasteiger partial charge in [-0.3, -0.25) is 14.8 Å². The molecule has 0 aliphatic carbocycles. The van der Waals surface area contributed by atoms with Crippen LogP contribution in [0.15, 0.2) is 55.0 Å². The van der Waals surface area contributed by atoms with Crippen LogP contribution in [0, 0.1) is 0 Å². The zero-order valence-corrected chi connectivity index (χ0v) is 21.2. The van der Waals surface area contributed by atoms with Crippen molar-refractivity contribution in [3.8, 4) is 22.3 Å². The molecular formula is C28H32ClN3O2. The second kappa shape index (κ2) is 9.47. The average Bonchev–Trinajstić information content (AvgIpc) is 2.78. The number of likely N-dealkylation sites (tertiary alicyclic amines) is 1. The summed E-state index contributed by atoms with van der Waals surface area (Å²) in [7, 11) is 0. The summed E-state index contributed by atoms with van der Waals surface area (Å²) in [6, 6.07) is 11.5. The number of carbonyl (C=O) groups excluding carboxylic acids is 1. The topological polar surface area (TPSA) is 66.3 Å². The van der Waals surface area contributed by atoms with Gasteiger partial charge in [-0.2, -0.15) is 0 Å². The number of pyridine rings is 2. The van der Waals surface area contributed by atoms with Crippen molar-refractivity contribution in [2.24, 2.45) is 0 Å². The zero-order chi connectivity index (χ0) is 24.6. The summed E-state index contributed by atoms with van der Waals surface area (Å²) in [6.45, 7) is 10.4. The summed E-state index contributed by atoms with van der Waals surface area (Å²) >= 11 is 6.68. The number of aromatic nitrogens is 2. The minimum Gasteiger partial charge on any atom is -0.393 e. The smallest absolute Gasteiger partial charge is 0.254 e. The maximum absolute atomic E-state index is 13.2. The van der Waals surface area contributed by atoms with Gasteiger partial charge in [-0.1, -0.05) is 38.4 Å². The molecule has 1 fully saturated rings. The van der Waals surface area contributed by atoms with Crippen molar-refractivity contribution in [2.45, 2.75) is 71.1 Å². The minimum absolute atomic E-state index is 0.0241. The molecule has 0 spiro atoms. The Bertz CT molecular complexity index is 1190. The molecule has 1 amide bonds. The molecular weight excluding hydrogens is 446 g/mol. The Balaban J connectivity index is 1.63. The van der Waals surface area contributed by atoms with Gasteiger partial charge in [0.2, 0.25) is 0 Å². The van der Waals surface area contributed by atoms with Gasteiger partial charge in [-0.25, -0.2) is 0 Å². The van der Waals surface area contributed by atoms with E-state index in [0.717, 1.165) is 27.9 Å². The monoisotopic (exact) mass is 477 g/mol. The highest BCUT2D eigenvalue weighted by Gasteiger charge is 2.33. The summed E-state index contributed by atoms with van der Waals surface area (Å²) in [5.74, 6) is -0.0567. The van der Waals surface area contributed by atoms with E-state index in [9.17, 15) is 9.90 Å². The van der Waals surface area contributed by atoms with Crippen molar-refractivity contribution in [3.63, 3.8) is 0 Å². The number of aliphatic hydroxyl groups is 1. The van der Waals surface area contributed by atoms with Crippen LogP contribution in [0.3, 0.4) is 0 Å². The van der Waals surface area contributed by atoms with Crippen LogP contribution >= 0.6 is 11.6 Å². The van der Waals surface area contributed by atoms with Crippen molar-refractivity contribution in [1.29, 1.82) is 0 Å². The molecule has 34 heavy (non-hydrogen) atoms. The Morgan fingerprint density at radius 1 is 1.00 bits per heavy atom. The molecule has 1 saturated heterocycles. The maximum atomic E-state index is 13.2. The molecule has 0 bridgehead atoms. The van der Waals surface area contributed by atoms with E-state index < -0.39 is 0 Å². The Hall–Kier alpha value is -2.76. The molecule has 1 aliphatic rings. The highest BCUT2D eigenvalue weighted by molar-refractivity contribution is 6.33. The van der Waals surface area contributed by atoms with Crippen molar-refractivity contribution < 1.29 is 9.90 Å². The summed E-state index contributed by atoms with van der Waals surface area (Å²) < 4.78 is 0. The van der Waals surface area contributed by atoms with E-state index in [1.54, 1.807) is 12.3 Å². The predicted octanol–water partition coefficient (Wildman–Crippen LogP) is 6.14. The largest absolute Gasteiger partial charge is 0.393 e. The lowest BCUT2D eigenvalue weighted by Gasteiger charge is -2.41. The zero-order valence-electron chi connectivity index (χ0n) is 20.4. The number of hydrogen-bond donors (Lipinski definition) is 1. The van der Waals surface area contributed by atoms with Gasteiger partial charge in [0.05, 0.1) is 6.10 Å². The fourth-order valence-electron chi connectivity index (χ4n) is 4.74. The van der Waals surface area contributed by atoms with Gasteiger partial charge >= 0.3 is 0 Å². The van der Waals surface area contributed by atoms with Crippen molar-refractivity contribution >= 4 is 17.5 Å². The lowest BCUT2D eigenvalue weighted by molar-refractivity contribution is 0.0144. The summed E-state index contributed by atoms with van der Waals surface area (Å²) in [5, 5.41) is 10.5. The van der Waals surface area contributed by atoms with Crippen LogP contribution in [0.1, 0.15) is 63.5 Å². The van der Waals surface area contributed by atoms with Crippen molar-refractivity contribution in [3.05, 3.63) is 71.3 Å². The number of amides is 1. The molecule has 3 heterocycles. The molecule has 178 valence electrons. The van der Waals surface area contributed by atoms with E-state index in [0.29, 0.717) is 23.4 Å². The summed E-state index contributed by atoms with van der Waals surface area (Å²) in [5.41, 5.74) is 5.27. The third-order valence-electron chi connectivity index (χ3n) is 6.54. The Morgan fingerprint density at radius 2 is 1.68 bits per heavy atom. The van der Waals surface area contributed by atoms with Gasteiger partial charge in [0, 0.05) is 69.1 Å². The first-order valence-corrected chi connectivity index (χ1v) is 12.1. The number of carbonyl (C=O) groups is 1. The maximum Gasteiger partial charge on any atom is 0.254 e. The van der Waals surface area contributed by atoms with Crippen LogP contribution in [0.25, 0.3) is 22.3 Å². The van der Waals surface area contributed by atoms with Gasteiger partial charge < -0.3 is 10.0 Å².